The predicted octanol–water partition coefficient (Wildman–Crippen LogP) is 4.43. The lowest BCUT2D eigenvalue weighted by Crippen LogP contribution is -1.93. The summed E-state index contributed by atoms with van der Waals surface area (Å²) in [6.45, 7) is 0. The van der Waals surface area contributed by atoms with Crippen LogP contribution in [0.15, 0.2) is 29.4 Å². The van der Waals surface area contributed by atoms with Gasteiger partial charge in [-0.05, 0) is 12.1 Å². The molecule has 2 aliphatic heterocycles. The van der Waals surface area contributed by atoms with Crippen LogP contribution in [0.4, 0.5) is 5.82 Å². The SMILES string of the molecule is N=Nc1[nH][nH]c(Cl)c2[nH]c3ccccc3sc1-2. The topological polar surface area (TPSA) is 83.6 Å². The highest BCUT2D eigenvalue weighted by atomic mass is 35.5. The zero-order valence-electron chi connectivity index (χ0n) is 8.54. The summed E-state index contributed by atoms with van der Waals surface area (Å²) < 4.78 is 1.08. The Balaban J connectivity index is 2.50. The first-order valence-electron chi connectivity index (χ1n) is 4.87. The molecule has 0 saturated heterocycles. The average Bonchev–Trinajstić information content (AvgIpc) is 2.38. The number of halogens is 1. The zero-order chi connectivity index (χ0) is 11.8. The molecule has 4 N–H and O–H groups in total. The monoisotopic (exact) mass is 265 g/mol. The van der Waals surface area contributed by atoms with E-state index in [1.807, 2.05) is 24.3 Å². The number of hydrogen-bond acceptors (Lipinski definition) is 3. The molecule has 2 heterocycles. The van der Waals surface area contributed by atoms with Crippen molar-refractivity contribution >= 4 is 39.0 Å². The summed E-state index contributed by atoms with van der Waals surface area (Å²) in [6.07, 6.45) is 0. The Morgan fingerprint density at radius 2 is 2.06 bits per heavy atom. The first kappa shape index (κ1) is 10.4. The van der Waals surface area contributed by atoms with Gasteiger partial charge in [-0.1, -0.05) is 23.7 Å². The average molecular weight is 266 g/mol. The molecule has 0 radical (unpaired) electrons. The fourth-order valence-corrected chi connectivity index (χ4v) is 2.93. The highest BCUT2D eigenvalue weighted by molar-refractivity contribution is 7.22. The molecule has 0 aromatic heterocycles. The predicted molar refractivity (Wildman–Crippen MR) is 68.9 cm³/mol. The largest absolute Gasteiger partial charge is 0.351 e. The second kappa shape index (κ2) is 3.90. The van der Waals surface area contributed by atoms with Gasteiger partial charge in [-0.3, -0.25) is 10.2 Å². The molecule has 7 heteroatoms. The van der Waals surface area contributed by atoms with E-state index < -0.39 is 0 Å². The van der Waals surface area contributed by atoms with Crippen molar-refractivity contribution in [2.24, 2.45) is 5.11 Å². The van der Waals surface area contributed by atoms with Crippen LogP contribution in [0.1, 0.15) is 0 Å². The Morgan fingerprint density at radius 3 is 2.88 bits per heavy atom. The number of hydrogen-bond donors (Lipinski definition) is 4. The molecule has 1 aromatic rings. The van der Waals surface area contributed by atoms with E-state index in [2.05, 4.69) is 20.3 Å². The molecular formula is C10H8ClN5S. The molecule has 0 spiro atoms. The molecule has 0 unspecified atom stereocenters. The van der Waals surface area contributed by atoms with E-state index >= 15 is 0 Å². The summed E-state index contributed by atoms with van der Waals surface area (Å²) >= 11 is 7.61. The third-order valence-corrected chi connectivity index (χ3v) is 3.88. The van der Waals surface area contributed by atoms with Gasteiger partial charge in [0.15, 0.2) is 5.82 Å². The Morgan fingerprint density at radius 1 is 1.24 bits per heavy atom. The normalized spacial score (nSPS) is 10.9. The smallest absolute Gasteiger partial charge is 0.186 e. The first-order valence-corrected chi connectivity index (χ1v) is 6.07. The van der Waals surface area contributed by atoms with Crippen LogP contribution in [0, 0.1) is 5.53 Å². The first-order chi connectivity index (χ1) is 8.29. The van der Waals surface area contributed by atoms with Crippen molar-refractivity contribution in [2.45, 2.75) is 0 Å². The number of nitrogens with one attached hydrogen (secondary N) is 4. The number of para-hydroxylation sites is 1. The Hall–Kier alpha value is -1.79. The van der Waals surface area contributed by atoms with Crippen LogP contribution in [0.3, 0.4) is 0 Å². The van der Waals surface area contributed by atoms with Crippen molar-refractivity contribution in [3.63, 3.8) is 0 Å². The minimum atomic E-state index is 0.455. The van der Waals surface area contributed by atoms with Crippen LogP contribution >= 0.6 is 22.9 Å². The van der Waals surface area contributed by atoms with E-state index in [0.29, 0.717) is 11.0 Å². The van der Waals surface area contributed by atoms with Crippen LogP contribution in [0.5, 0.6) is 0 Å². The van der Waals surface area contributed by atoms with Gasteiger partial charge in [0.1, 0.15) is 10.0 Å². The lowest BCUT2D eigenvalue weighted by atomic mass is 10.3. The van der Waals surface area contributed by atoms with E-state index in [0.717, 1.165) is 20.8 Å². The van der Waals surface area contributed by atoms with Crippen molar-refractivity contribution in [2.75, 3.05) is 0 Å². The Kier molecular flexibility index (Phi) is 2.38. The summed E-state index contributed by atoms with van der Waals surface area (Å²) in [4.78, 5) is 4.06. The zero-order valence-corrected chi connectivity index (χ0v) is 10.1. The van der Waals surface area contributed by atoms with Crippen LogP contribution in [-0.4, -0.2) is 15.2 Å². The molecule has 86 valence electrons. The third-order valence-electron chi connectivity index (χ3n) is 2.42. The van der Waals surface area contributed by atoms with Gasteiger partial charge in [0.2, 0.25) is 0 Å². The number of benzene rings is 1. The quantitative estimate of drug-likeness (QED) is 0.371. The number of H-pyrrole nitrogens is 3. The number of aromatic nitrogens is 3. The number of fused-ring (bicyclic) bond motifs is 2. The fourth-order valence-electron chi connectivity index (χ4n) is 1.64. The van der Waals surface area contributed by atoms with Crippen LogP contribution < -0.4 is 0 Å². The lowest BCUT2D eigenvalue weighted by molar-refractivity contribution is 0.979. The number of nitrogens with zero attached hydrogens (tertiary/aromatic N) is 1. The van der Waals surface area contributed by atoms with Crippen molar-refractivity contribution in [1.29, 1.82) is 5.53 Å². The summed E-state index contributed by atoms with van der Waals surface area (Å²) in [6, 6.07) is 7.92. The van der Waals surface area contributed by atoms with E-state index in [1.54, 1.807) is 0 Å². The van der Waals surface area contributed by atoms with E-state index in [1.165, 1.54) is 11.3 Å². The molecule has 1 aromatic carbocycles. The van der Waals surface area contributed by atoms with Crippen molar-refractivity contribution in [3.8, 4) is 10.6 Å². The number of aromatic amines is 3. The van der Waals surface area contributed by atoms with Gasteiger partial charge in [-0.15, -0.1) is 16.5 Å². The molecule has 0 fully saturated rings. The maximum Gasteiger partial charge on any atom is 0.186 e. The van der Waals surface area contributed by atoms with Gasteiger partial charge in [0.05, 0.1) is 15.9 Å². The molecular weight excluding hydrogens is 258 g/mol. The molecule has 0 amide bonds. The maximum atomic E-state index is 7.13. The van der Waals surface area contributed by atoms with Crippen LogP contribution in [-0.2, 0) is 0 Å². The van der Waals surface area contributed by atoms with Crippen molar-refractivity contribution in [1.82, 2.24) is 15.2 Å². The molecule has 3 rings (SSSR count). The molecule has 5 nitrogen and oxygen atoms in total. The fraction of sp³-hybridized carbons (Fsp3) is 0. The van der Waals surface area contributed by atoms with Crippen molar-refractivity contribution < 1.29 is 0 Å². The minimum Gasteiger partial charge on any atom is -0.351 e. The molecule has 17 heavy (non-hydrogen) atoms. The number of rotatable bonds is 1. The second-order valence-corrected chi connectivity index (χ2v) is 4.88. The minimum absolute atomic E-state index is 0.455. The summed E-state index contributed by atoms with van der Waals surface area (Å²) in [5, 5.41) is 9.44. The molecule has 0 aliphatic carbocycles. The third kappa shape index (κ3) is 1.62. The molecule has 0 atom stereocenters. The summed E-state index contributed by atoms with van der Waals surface area (Å²) in [5.74, 6) is 0.455. The van der Waals surface area contributed by atoms with Crippen LogP contribution in [0.2, 0.25) is 5.15 Å². The van der Waals surface area contributed by atoms with Gasteiger partial charge < -0.3 is 4.98 Å². The maximum absolute atomic E-state index is 7.13. The van der Waals surface area contributed by atoms with Gasteiger partial charge in [0, 0.05) is 0 Å². The lowest BCUT2D eigenvalue weighted by Gasteiger charge is -2.11. The van der Waals surface area contributed by atoms with Crippen LogP contribution in [0.25, 0.3) is 20.8 Å². The van der Waals surface area contributed by atoms with E-state index in [9.17, 15) is 0 Å². The van der Waals surface area contributed by atoms with Gasteiger partial charge in [0.25, 0.3) is 0 Å². The molecule has 0 saturated carbocycles. The van der Waals surface area contributed by atoms with Gasteiger partial charge in [-0.25, -0.2) is 5.53 Å². The summed E-state index contributed by atoms with van der Waals surface area (Å²) in [7, 11) is 0. The van der Waals surface area contributed by atoms with E-state index in [4.69, 9.17) is 17.1 Å². The molecule has 2 aliphatic rings. The van der Waals surface area contributed by atoms with Gasteiger partial charge in [-0.2, -0.15) is 0 Å². The van der Waals surface area contributed by atoms with E-state index in [-0.39, 0.29) is 0 Å². The second-order valence-electron chi connectivity index (χ2n) is 3.45. The Bertz CT molecular complexity index is 702. The highest BCUT2D eigenvalue weighted by Crippen LogP contribution is 2.38. The standard InChI is InChI=1S/C10H8ClN5S/c11-9-7-8(10(14-12)16-15-9)17-6-4-2-1-3-5(6)13-7/h1-4,12-13,15-16H. The summed E-state index contributed by atoms with van der Waals surface area (Å²) in [5.41, 5.74) is 8.88. The highest BCUT2D eigenvalue weighted by Gasteiger charge is 2.14. The van der Waals surface area contributed by atoms with Gasteiger partial charge >= 0.3 is 0 Å². The van der Waals surface area contributed by atoms with Crippen molar-refractivity contribution in [3.05, 3.63) is 29.4 Å². The molecule has 0 bridgehead atoms. The Labute approximate surface area is 105 Å².